The average Bonchev–Trinajstić information content (AvgIpc) is 2.36. The number of aliphatic hydroxyl groups is 1. The minimum Gasteiger partial charge on any atom is -0.389 e. The van der Waals surface area contributed by atoms with Gasteiger partial charge < -0.3 is 15.3 Å². The highest BCUT2D eigenvalue weighted by Crippen LogP contribution is 2.22. The van der Waals surface area contributed by atoms with Gasteiger partial charge in [0.25, 0.3) is 0 Å². The van der Waals surface area contributed by atoms with Gasteiger partial charge in [-0.2, -0.15) is 0 Å². The number of anilines is 1. The van der Waals surface area contributed by atoms with Crippen LogP contribution in [-0.4, -0.2) is 36.1 Å². The summed E-state index contributed by atoms with van der Waals surface area (Å²) < 4.78 is 0. The Bertz CT molecular complexity index is 394. The summed E-state index contributed by atoms with van der Waals surface area (Å²) in [6, 6.07) is 3.59. The molecule has 1 heterocycles. The normalized spacial score (nSPS) is 12.0. The van der Waals surface area contributed by atoms with Crippen LogP contribution in [0.25, 0.3) is 0 Å². The number of nitrogens with zero attached hydrogens (tertiary/aromatic N) is 2. The third-order valence-corrected chi connectivity index (χ3v) is 2.58. The predicted octanol–water partition coefficient (Wildman–Crippen LogP) is 1.10. The molecule has 2 N–H and O–H groups in total. The standard InChI is InChI=1S/C13H21N3O2/c1-4-7-14-12(18)9-16(3)13-11(10(2)17)6-5-8-15-13/h5-6,8,10,17H,4,7,9H2,1-3H3,(H,14,18)/t10-/m1/s1. The average molecular weight is 251 g/mol. The zero-order valence-corrected chi connectivity index (χ0v) is 11.2. The molecule has 0 bridgehead atoms. The summed E-state index contributed by atoms with van der Waals surface area (Å²) in [5, 5.41) is 12.5. The van der Waals surface area contributed by atoms with Crippen LogP contribution >= 0.6 is 0 Å². The molecular formula is C13H21N3O2. The quantitative estimate of drug-likeness (QED) is 0.794. The Morgan fingerprint density at radius 1 is 1.61 bits per heavy atom. The number of amides is 1. The fourth-order valence-corrected chi connectivity index (χ4v) is 1.67. The van der Waals surface area contributed by atoms with Crippen molar-refractivity contribution in [2.75, 3.05) is 25.0 Å². The van der Waals surface area contributed by atoms with Gasteiger partial charge in [0.05, 0.1) is 12.6 Å². The van der Waals surface area contributed by atoms with E-state index in [4.69, 9.17) is 0 Å². The SMILES string of the molecule is CCCNC(=O)CN(C)c1ncccc1[C@@H](C)O. The van der Waals surface area contributed by atoms with E-state index >= 15 is 0 Å². The van der Waals surface area contributed by atoms with Crippen LogP contribution < -0.4 is 10.2 Å². The number of carbonyl (C=O) groups is 1. The number of aromatic nitrogens is 1. The van der Waals surface area contributed by atoms with Crippen molar-refractivity contribution in [2.24, 2.45) is 0 Å². The Morgan fingerprint density at radius 2 is 2.33 bits per heavy atom. The Balaban J connectivity index is 2.72. The van der Waals surface area contributed by atoms with E-state index in [9.17, 15) is 9.90 Å². The van der Waals surface area contributed by atoms with Gasteiger partial charge in [-0.25, -0.2) is 4.98 Å². The summed E-state index contributed by atoms with van der Waals surface area (Å²) in [5.74, 6) is 0.598. The number of rotatable bonds is 6. The highest BCUT2D eigenvalue weighted by atomic mass is 16.3. The number of nitrogens with one attached hydrogen (secondary N) is 1. The minimum atomic E-state index is -0.602. The molecule has 1 amide bonds. The molecule has 1 aromatic heterocycles. The molecule has 0 saturated heterocycles. The molecule has 0 aliphatic carbocycles. The van der Waals surface area contributed by atoms with Crippen LogP contribution in [0.3, 0.4) is 0 Å². The number of carbonyl (C=O) groups excluding carboxylic acids is 1. The van der Waals surface area contributed by atoms with Gasteiger partial charge in [-0.3, -0.25) is 4.79 Å². The first-order valence-electron chi connectivity index (χ1n) is 6.17. The van der Waals surface area contributed by atoms with Crippen molar-refractivity contribution >= 4 is 11.7 Å². The first-order chi connectivity index (χ1) is 8.56. The lowest BCUT2D eigenvalue weighted by molar-refractivity contribution is -0.119. The smallest absolute Gasteiger partial charge is 0.239 e. The zero-order chi connectivity index (χ0) is 13.5. The van der Waals surface area contributed by atoms with Crippen molar-refractivity contribution in [1.29, 1.82) is 0 Å². The lowest BCUT2D eigenvalue weighted by Crippen LogP contribution is -2.36. The summed E-state index contributed by atoms with van der Waals surface area (Å²) in [6.07, 6.45) is 1.97. The van der Waals surface area contributed by atoms with Gasteiger partial charge in [-0.15, -0.1) is 0 Å². The van der Waals surface area contributed by atoms with Gasteiger partial charge >= 0.3 is 0 Å². The molecule has 0 unspecified atom stereocenters. The Labute approximate surface area is 108 Å². The maximum Gasteiger partial charge on any atom is 0.239 e. The van der Waals surface area contributed by atoms with Gasteiger partial charge in [0, 0.05) is 25.4 Å². The van der Waals surface area contributed by atoms with E-state index in [-0.39, 0.29) is 12.5 Å². The molecule has 18 heavy (non-hydrogen) atoms. The van der Waals surface area contributed by atoms with E-state index in [1.165, 1.54) is 0 Å². The van der Waals surface area contributed by atoms with Crippen molar-refractivity contribution in [2.45, 2.75) is 26.4 Å². The van der Waals surface area contributed by atoms with Crippen LogP contribution in [-0.2, 0) is 4.79 Å². The van der Waals surface area contributed by atoms with Crippen molar-refractivity contribution in [3.8, 4) is 0 Å². The maximum atomic E-state index is 11.6. The molecule has 0 aliphatic heterocycles. The van der Waals surface area contributed by atoms with Crippen LogP contribution in [0.15, 0.2) is 18.3 Å². The third-order valence-electron chi connectivity index (χ3n) is 2.58. The molecule has 0 saturated carbocycles. The van der Waals surface area contributed by atoms with E-state index in [1.54, 1.807) is 31.1 Å². The van der Waals surface area contributed by atoms with E-state index in [2.05, 4.69) is 10.3 Å². The van der Waals surface area contributed by atoms with Gasteiger partial charge in [-0.05, 0) is 19.4 Å². The van der Waals surface area contributed by atoms with E-state index in [0.717, 1.165) is 12.0 Å². The van der Waals surface area contributed by atoms with E-state index in [0.29, 0.717) is 12.4 Å². The van der Waals surface area contributed by atoms with Crippen LogP contribution in [0, 0.1) is 0 Å². The Hall–Kier alpha value is -1.62. The van der Waals surface area contributed by atoms with Gasteiger partial charge in [0.15, 0.2) is 0 Å². The summed E-state index contributed by atoms with van der Waals surface area (Å²) >= 11 is 0. The van der Waals surface area contributed by atoms with Crippen LogP contribution in [0.5, 0.6) is 0 Å². The molecule has 0 spiro atoms. The zero-order valence-electron chi connectivity index (χ0n) is 11.2. The van der Waals surface area contributed by atoms with Gasteiger partial charge in [-0.1, -0.05) is 13.0 Å². The van der Waals surface area contributed by atoms with E-state index in [1.807, 2.05) is 13.0 Å². The van der Waals surface area contributed by atoms with Gasteiger partial charge in [0.1, 0.15) is 5.82 Å². The molecule has 5 nitrogen and oxygen atoms in total. The van der Waals surface area contributed by atoms with Crippen molar-refractivity contribution < 1.29 is 9.90 Å². The molecule has 100 valence electrons. The van der Waals surface area contributed by atoms with Crippen LogP contribution in [0.2, 0.25) is 0 Å². The van der Waals surface area contributed by atoms with Gasteiger partial charge in [0.2, 0.25) is 5.91 Å². The maximum absolute atomic E-state index is 11.6. The van der Waals surface area contributed by atoms with Crippen LogP contribution in [0.1, 0.15) is 31.9 Å². The number of hydrogen-bond donors (Lipinski definition) is 2. The minimum absolute atomic E-state index is 0.0402. The largest absolute Gasteiger partial charge is 0.389 e. The second-order valence-electron chi connectivity index (χ2n) is 4.30. The molecule has 1 atom stereocenters. The summed E-state index contributed by atoms with van der Waals surface area (Å²) in [5.41, 5.74) is 0.725. The predicted molar refractivity (Wildman–Crippen MR) is 71.4 cm³/mol. The Kier molecular flexibility index (Phi) is 5.58. The van der Waals surface area contributed by atoms with Crippen molar-refractivity contribution in [1.82, 2.24) is 10.3 Å². The molecule has 1 rings (SSSR count). The monoisotopic (exact) mass is 251 g/mol. The number of likely N-dealkylation sites (N-methyl/N-ethyl adjacent to an activating group) is 1. The second kappa shape index (κ2) is 6.96. The fraction of sp³-hybridized carbons (Fsp3) is 0.538. The molecule has 0 fully saturated rings. The lowest BCUT2D eigenvalue weighted by Gasteiger charge is -2.21. The first kappa shape index (κ1) is 14.4. The topological polar surface area (TPSA) is 65.5 Å². The van der Waals surface area contributed by atoms with Crippen LogP contribution in [0.4, 0.5) is 5.82 Å². The molecular weight excluding hydrogens is 230 g/mol. The van der Waals surface area contributed by atoms with Crippen molar-refractivity contribution in [3.63, 3.8) is 0 Å². The molecule has 0 aromatic carbocycles. The lowest BCUT2D eigenvalue weighted by atomic mass is 10.1. The summed E-state index contributed by atoms with van der Waals surface area (Å²) in [4.78, 5) is 17.6. The molecule has 5 heteroatoms. The second-order valence-corrected chi connectivity index (χ2v) is 4.30. The molecule has 0 radical (unpaired) electrons. The first-order valence-corrected chi connectivity index (χ1v) is 6.17. The van der Waals surface area contributed by atoms with Crippen molar-refractivity contribution in [3.05, 3.63) is 23.9 Å². The summed E-state index contributed by atoms with van der Waals surface area (Å²) in [7, 11) is 1.79. The summed E-state index contributed by atoms with van der Waals surface area (Å²) in [6.45, 7) is 4.61. The highest BCUT2D eigenvalue weighted by molar-refractivity contribution is 5.81. The number of hydrogen-bond acceptors (Lipinski definition) is 4. The highest BCUT2D eigenvalue weighted by Gasteiger charge is 2.14. The fourth-order valence-electron chi connectivity index (χ4n) is 1.67. The Morgan fingerprint density at radius 3 is 2.94 bits per heavy atom. The molecule has 1 aromatic rings. The third kappa shape index (κ3) is 4.00. The number of pyridine rings is 1. The molecule has 0 aliphatic rings. The number of aliphatic hydroxyl groups excluding tert-OH is 1. The van der Waals surface area contributed by atoms with E-state index < -0.39 is 6.10 Å².